The van der Waals surface area contributed by atoms with Crippen molar-refractivity contribution < 1.29 is 66.9 Å². The zero-order valence-electron chi connectivity index (χ0n) is 12.8. The fourth-order valence-electron chi connectivity index (χ4n) is 1.45. The maximum atomic E-state index is 13.3. The molecular formula is C11H12F13NO2. The summed E-state index contributed by atoms with van der Waals surface area (Å²) in [6, 6.07) is 0. The zero-order valence-corrected chi connectivity index (χ0v) is 12.8. The van der Waals surface area contributed by atoms with Crippen LogP contribution >= 0.6 is 0 Å². The first-order chi connectivity index (χ1) is 11.7. The number of rotatable bonds is 10. The predicted octanol–water partition coefficient (Wildman–Crippen LogP) is 3.45. The van der Waals surface area contributed by atoms with E-state index in [4.69, 9.17) is 10.8 Å². The van der Waals surface area contributed by atoms with Gasteiger partial charge in [0.1, 0.15) is 0 Å². The van der Waals surface area contributed by atoms with Gasteiger partial charge >= 0.3 is 35.8 Å². The standard InChI is InChI=1S/C11H12F13NO2/c12-6(13,1-2-27-4-5(26)3-25)7(14,15)8(16,17)9(18,19)10(20,21)11(22,23)24/h5,26H,1-4,25H2. The number of hydrogen-bond acceptors (Lipinski definition) is 3. The van der Waals surface area contributed by atoms with E-state index in [1.165, 1.54) is 0 Å². The second-order valence-electron chi connectivity index (χ2n) is 5.21. The van der Waals surface area contributed by atoms with Crippen LogP contribution in [0.4, 0.5) is 57.1 Å². The summed E-state index contributed by atoms with van der Waals surface area (Å²) in [5.74, 6) is -37.0. The van der Waals surface area contributed by atoms with Gasteiger partial charge in [-0.05, 0) is 0 Å². The van der Waals surface area contributed by atoms with Crippen molar-refractivity contribution in [3.63, 3.8) is 0 Å². The second-order valence-corrected chi connectivity index (χ2v) is 5.21. The normalized spacial score (nSPS) is 16.6. The molecule has 0 fully saturated rings. The summed E-state index contributed by atoms with van der Waals surface area (Å²) in [7, 11) is 0. The lowest BCUT2D eigenvalue weighted by molar-refractivity contribution is -0.440. The van der Waals surface area contributed by atoms with Gasteiger partial charge in [-0.2, -0.15) is 57.1 Å². The monoisotopic (exact) mass is 437 g/mol. The fraction of sp³-hybridized carbons (Fsp3) is 1.00. The van der Waals surface area contributed by atoms with Crippen molar-refractivity contribution in [3.8, 4) is 0 Å². The molecule has 1 unspecified atom stereocenters. The highest BCUT2D eigenvalue weighted by molar-refractivity contribution is 5.10. The Morgan fingerprint density at radius 2 is 1.11 bits per heavy atom. The molecule has 0 radical (unpaired) electrons. The van der Waals surface area contributed by atoms with Crippen molar-refractivity contribution in [2.24, 2.45) is 5.73 Å². The van der Waals surface area contributed by atoms with Gasteiger partial charge in [0, 0.05) is 13.0 Å². The molecule has 0 spiro atoms. The minimum atomic E-state index is -7.91. The minimum Gasteiger partial charge on any atom is -0.389 e. The quantitative estimate of drug-likeness (QED) is 0.407. The Bertz CT molecular complexity index is 491. The molecule has 0 rings (SSSR count). The van der Waals surface area contributed by atoms with Gasteiger partial charge in [-0.25, -0.2) is 0 Å². The largest absolute Gasteiger partial charge is 0.460 e. The molecule has 3 N–H and O–H groups in total. The van der Waals surface area contributed by atoms with E-state index in [-0.39, 0.29) is 0 Å². The molecular weight excluding hydrogens is 425 g/mol. The van der Waals surface area contributed by atoms with Gasteiger partial charge in [0.2, 0.25) is 0 Å². The molecule has 0 aliphatic rings. The SMILES string of the molecule is NCC(O)COCCC(F)(F)C(F)(F)C(F)(F)C(F)(F)C(F)(F)C(F)(F)F. The van der Waals surface area contributed by atoms with E-state index in [2.05, 4.69) is 4.74 Å². The van der Waals surface area contributed by atoms with Crippen molar-refractivity contribution in [3.05, 3.63) is 0 Å². The highest BCUT2D eigenvalue weighted by Crippen LogP contribution is 2.60. The summed E-state index contributed by atoms with van der Waals surface area (Å²) in [6.07, 6.45) is -11.4. The Hall–Kier alpha value is -1.03. The van der Waals surface area contributed by atoms with Crippen LogP contribution in [0.1, 0.15) is 6.42 Å². The molecule has 164 valence electrons. The Kier molecular flexibility index (Phi) is 7.47. The van der Waals surface area contributed by atoms with Gasteiger partial charge in [0.05, 0.1) is 19.3 Å². The molecule has 0 aromatic heterocycles. The molecule has 27 heavy (non-hydrogen) atoms. The molecule has 0 heterocycles. The van der Waals surface area contributed by atoms with Gasteiger partial charge in [-0.15, -0.1) is 0 Å². The predicted molar refractivity (Wildman–Crippen MR) is 61.3 cm³/mol. The topological polar surface area (TPSA) is 55.5 Å². The summed E-state index contributed by atoms with van der Waals surface area (Å²) in [4.78, 5) is 0. The minimum absolute atomic E-state index is 0.497. The maximum absolute atomic E-state index is 13.3. The molecule has 0 amide bonds. The summed E-state index contributed by atoms with van der Waals surface area (Å²) >= 11 is 0. The van der Waals surface area contributed by atoms with Crippen molar-refractivity contribution >= 4 is 0 Å². The molecule has 0 saturated carbocycles. The number of alkyl halides is 13. The highest BCUT2D eigenvalue weighted by Gasteiger charge is 2.90. The van der Waals surface area contributed by atoms with E-state index >= 15 is 0 Å². The van der Waals surface area contributed by atoms with Gasteiger partial charge in [0.25, 0.3) is 0 Å². The molecule has 0 aliphatic carbocycles. The Labute approximate surface area is 142 Å². The average Bonchev–Trinajstić information content (AvgIpc) is 2.49. The van der Waals surface area contributed by atoms with Crippen molar-refractivity contribution in [2.75, 3.05) is 19.8 Å². The lowest BCUT2D eigenvalue weighted by Crippen LogP contribution is -2.70. The zero-order chi connectivity index (χ0) is 22.1. The first-order valence-corrected chi connectivity index (χ1v) is 6.62. The Morgan fingerprint density at radius 3 is 1.48 bits per heavy atom. The first-order valence-electron chi connectivity index (χ1n) is 6.62. The summed E-state index contributed by atoms with van der Waals surface area (Å²) < 4.78 is 170. The van der Waals surface area contributed by atoms with Gasteiger partial charge in [-0.1, -0.05) is 0 Å². The summed E-state index contributed by atoms with van der Waals surface area (Å²) in [5, 5.41) is 8.85. The van der Waals surface area contributed by atoms with Crippen LogP contribution in [-0.4, -0.2) is 66.8 Å². The van der Waals surface area contributed by atoms with Crippen molar-refractivity contribution in [1.82, 2.24) is 0 Å². The smallest absolute Gasteiger partial charge is 0.389 e. The summed E-state index contributed by atoms with van der Waals surface area (Å²) in [5.41, 5.74) is 4.85. The van der Waals surface area contributed by atoms with E-state index in [0.717, 1.165) is 0 Å². The number of ether oxygens (including phenoxy) is 1. The van der Waals surface area contributed by atoms with Crippen molar-refractivity contribution in [2.45, 2.75) is 48.3 Å². The molecule has 0 bridgehead atoms. The second kappa shape index (κ2) is 7.77. The number of aliphatic hydroxyl groups excluding tert-OH is 1. The van der Waals surface area contributed by atoms with Crippen LogP contribution in [0.15, 0.2) is 0 Å². The molecule has 0 saturated heterocycles. The van der Waals surface area contributed by atoms with Crippen LogP contribution in [0.5, 0.6) is 0 Å². The Morgan fingerprint density at radius 1 is 0.704 bits per heavy atom. The van der Waals surface area contributed by atoms with Crippen LogP contribution in [0.3, 0.4) is 0 Å². The van der Waals surface area contributed by atoms with Gasteiger partial charge in [-0.3, -0.25) is 0 Å². The van der Waals surface area contributed by atoms with E-state index in [9.17, 15) is 57.1 Å². The molecule has 0 aliphatic heterocycles. The number of aliphatic hydroxyl groups is 1. The number of nitrogens with two attached hydrogens (primary N) is 1. The van der Waals surface area contributed by atoms with E-state index in [1.54, 1.807) is 0 Å². The van der Waals surface area contributed by atoms with Crippen LogP contribution in [0.25, 0.3) is 0 Å². The fourth-order valence-corrected chi connectivity index (χ4v) is 1.45. The van der Waals surface area contributed by atoms with E-state index in [0.29, 0.717) is 0 Å². The molecule has 16 heteroatoms. The third-order valence-corrected chi connectivity index (χ3v) is 3.14. The highest BCUT2D eigenvalue weighted by atomic mass is 19.4. The first kappa shape index (κ1) is 26.0. The molecule has 3 nitrogen and oxygen atoms in total. The third-order valence-electron chi connectivity index (χ3n) is 3.14. The van der Waals surface area contributed by atoms with Crippen LogP contribution < -0.4 is 5.73 Å². The number of hydrogen-bond donors (Lipinski definition) is 2. The maximum Gasteiger partial charge on any atom is 0.460 e. The lowest BCUT2D eigenvalue weighted by Gasteiger charge is -2.39. The third kappa shape index (κ3) is 4.52. The lowest BCUT2D eigenvalue weighted by atomic mass is 9.93. The molecule has 0 aromatic rings. The Balaban J connectivity index is 5.62. The van der Waals surface area contributed by atoms with Gasteiger partial charge < -0.3 is 15.6 Å². The average molecular weight is 437 g/mol. The summed E-state index contributed by atoms with van der Waals surface area (Å²) in [6.45, 7) is -2.93. The van der Waals surface area contributed by atoms with Crippen LogP contribution in [-0.2, 0) is 4.74 Å². The van der Waals surface area contributed by atoms with E-state index in [1.807, 2.05) is 0 Å². The van der Waals surface area contributed by atoms with Crippen LogP contribution in [0, 0.1) is 0 Å². The van der Waals surface area contributed by atoms with Crippen molar-refractivity contribution in [1.29, 1.82) is 0 Å². The van der Waals surface area contributed by atoms with Crippen LogP contribution in [0.2, 0.25) is 0 Å². The molecule has 1 atom stereocenters. The van der Waals surface area contributed by atoms with E-state index < -0.39 is 68.1 Å². The van der Waals surface area contributed by atoms with Gasteiger partial charge in [0.15, 0.2) is 0 Å². The number of halogens is 13. The molecule has 0 aromatic carbocycles.